The number of carbonyl (C=O) groups excluding carboxylic acids is 1. The first-order valence-corrected chi connectivity index (χ1v) is 12.5. The molecule has 11 heteroatoms. The maximum Gasteiger partial charge on any atom is 0.332 e. The van der Waals surface area contributed by atoms with Crippen LogP contribution in [0.25, 0.3) is 10.9 Å². The molecular weight excluding hydrogens is 500 g/mol. The Labute approximate surface area is 217 Å². The van der Waals surface area contributed by atoms with Crippen LogP contribution in [-0.2, 0) is 11.3 Å². The molecule has 9 nitrogen and oxygen atoms in total. The van der Waals surface area contributed by atoms with Gasteiger partial charge in [-0.2, -0.15) is 0 Å². The predicted octanol–water partition coefficient (Wildman–Crippen LogP) is 3.20. The summed E-state index contributed by atoms with van der Waals surface area (Å²) >= 11 is 0. The summed E-state index contributed by atoms with van der Waals surface area (Å²) in [7, 11) is 3.01. The fourth-order valence-electron chi connectivity index (χ4n) is 5.83. The Morgan fingerprint density at radius 3 is 2.32 bits per heavy atom. The number of fused-ring (bicyclic) bond motifs is 3. The van der Waals surface area contributed by atoms with Crippen molar-refractivity contribution in [3.63, 3.8) is 0 Å². The Morgan fingerprint density at radius 2 is 1.68 bits per heavy atom. The highest BCUT2D eigenvalue weighted by molar-refractivity contribution is 5.80. The second kappa shape index (κ2) is 10.5. The lowest BCUT2D eigenvalue weighted by Crippen LogP contribution is -2.47. The van der Waals surface area contributed by atoms with E-state index in [2.05, 4.69) is 0 Å². The number of hydrogen-bond donors (Lipinski definition) is 0. The molecule has 1 aromatic heterocycles. The molecule has 3 aromatic rings. The lowest BCUT2D eigenvalue weighted by atomic mass is 9.97. The van der Waals surface area contributed by atoms with Crippen molar-refractivity contribution in [1.82, 2.24) is 14.0 Å². The van der Waals surface area contributed by atoms with Crippen LogP contribution in [0.4, 0.5) is 8.78 Å². The maximum atomic E-state index is 13.9. The summed E-state index contributed by atoms with van der Waals surface area (Å²) in [5.74, 6) is 1.09. The van der Waals surface area contributed by atoms with Crippen LogP contribution in [-0.4, -0.2) is 59.8 Å². The summed E-state index contributed by atoms with van der Waals surface area (Å²) in [6, 6.07) is 9.44. The molecule has 2 aliphatic rings. The molecule has 2 atom stereocenters. The average molecular weight is 530 g/mol. The molecule has 2 saturated heterocycles. The van der Waals surface area contributed by atoms with Gasteiger partial charge in [-0.05, 0) is 61.6 Å². The Kier molecular flexibility index (Phi) is 7.09. The van der Waals surface area contributed by atoms with Crippen LogP contribution >= 0.6 is 0 Å². The molecule has 0 spiro atoms. The summed E-state index contributed by atoms with van der Waals surface area (Å²) in [6.07, 6.45) is 1.11. The standard InChI is InChI=1S/C27H29F2N3O6/c1-36-23-8-3-16(9-24(23)37-2)13-30-26(34)21-12-20(38-14-25(28)29)6-7-22(21)32(27(30)35)19-10-17-4-5-18(11-19)31(17)15-33/h3,6-9,12,15,17-19,25H,4-5,10-11,13-14H2,1-2H3. The highest BCUT2D eigenvalue weighted by Crippen LogP contribution is 2.40. The number of ether oxygens (including phenoxy) is 3. The molecular formula is C27H29F2N3O6. The highest BCUT2D eigenvalue weighted by Gasteiger charge is 2.41. The minimum absolute atomic E-state index is 0.0260. The van der Waals surface area contributed by atoms with Crippen LogP contribution in [0.3, 0.4) is 0 Å². The van der Waals surface area contributed by atoms with Crippen molar-refractivity contribution in [2.24, 2.45) is 0 Å². The summed E-state index contributed by atoms with van der Waals surface area (Å²) in [6.45, 7) is -0.839. The van der Waals surface area contributed by atoms with Crippen molar-refractivity contribution in [3.05, 3.63) is 62.8 Å². The van der Waals surface area contributed by atoms with Crippen molar-refractivity contribution in [2.75, 3.05) is 20.8 Å². The second-order valence-corrected chi connectivity index (χ2v) is 9.68. The molecule has 0 saturated carbocycles. The second-order valence-electron chi connectivity index (χ2n) is 9.68. The van der Waals surface area contributed by atoms with Crippen molar-refractivity contribution in [3.8, 4) is 17.2 Å². The van der Waals surface area contributed by atoms with Gasteiger partial charge in [-0.1, -0.05) is 6.07 Å². The summed E-state index contributed by atoms with van der Waals surface area (Å²) in [5, 5.41) is 0.196. The molecule has 2 unspecified atom stereocenters. The van der Waals surface area contributed by atoms with E-state index < -0.39 is 24.3 Å². The van der Waals surface area contributed by atoms with E-state index in [1.165, 1.54) is 26.4 Å². The third-order valence-corrected chi connectivity index (χ3v) is 7.56. The number of amides is 1. The SMILES string of the molecule is COc1ccc(Cn2c(=O)c3cc(OCC(F)F)ccc3n(C3CC4CCC(C3)N4C=O)c2=O)cc1OC. The van der Waals surface area contributed by atoms with Crippen molar-refractivity contribution in [1.29, 1.82) is 0 Å². The number of halogens is 2. The first-order valence-electron chi connectivity index (χ1n) is 12.5. The topological polar surface area (TPSA) is 92.0 Å². The van der Waals surface area contributed by atoms with Crippen LogP contribution < -0.4 is 25.5 Å². The van der Waals surface area contributed by atoms with Gasteiger partial charge in [-0.3, -0.25) is 18.7 Å². The van der Waals surface area contributed by atoms with E-state index in [1.807, 2.05) is 4.90 Å². The number of methoxy groups -OCH3 is 2. The van der Waals surface area contributed by atoms with Gasteiger partial charge >= 0.3 is 5.69 Å². The average Bonchev–Trinajstić information content (AvgIpc) is 3.17. The molecule has 2 fully saturated rings. The zero-order valence-electron chi connectivity index (χ0n) is 21.1. The van der Waals surface area contributed by atoms with Gasteiger partial charge < -0.3 is 19.1 Å². The van der Waals surface area contributed by atoms with Gasteiger partial charge in [0.2, 0.25) is 6.41 Å². The van der Waals surface area contributed by atoms with Gasteiger partial charge in [0, 0.05) is 18.1 Å². The van der Waals surface area contributed by atoms with Gasteiger partial charge in [0.15, 0.2) is 11.5 Å². The predicted molar refractivity (Wildman–Crippen MR) is 136 cm³/mol. The lowest BCUT2D eigenvalue weighted by Gasteiger charge is -2.37. The monoisotopic (exact) mass is 529 g/mol. The first kappa shape index (κ1) is 25.7. The van der Waals surface area contributed by atoms with Crippen LogP contribution in [0.1, 0.15) is 37.3 Å². The molecule has 3 heterocycles. The Hall–Kier alpha value is -3.89. The van der Waals surface area contributed by atoms with E-state index in [9.17, 15) is 23.2 Å². The molecule has 5 rings (SSSR count). The number of alkyl halides is 2. The number of hydrogen-bond acceptors (Lipinski definition) is 6. The number of aromatic nitrogens is 2. The zero-order chi connectivity index (χ0) is 27.0. The summed E-state index contributed by atoms with van der Waals surface area (Å²) < 4.78 is 44.1. The lowest BCUT2D eigenvalue weighted by molar-refractivity contribution is -0.122. The zero-order valence-corrected chi connectivity index (χ0v) is 21.1. The van der Waals surface area contributed by atoms with Gasteiger partial charge in [0.05, 0.1) is 31.7 Å². The fraction of sp³-hybridized carbons (Fsp3) is 0.444. The third kappa shape index (κ3) is 4.61. The van der Waals surface area contributed by atoms with Gasteiger partial charge in [0.1, 0.15) is 12.4 Å². The molecule has 38 heavy (non-hydrogen) atoms. The van der Waals surface area contributed by atoms with Crippen LogP contribution in [0.5, 0.6) is 17.2 Å². The van der Waals surface area contributed by atoms with E-state index in [1.54, 1.807) is 28.8 Å². The maximum absolute atomic E-state index is 13.9. The molecule has 2 aromatic carbocycles. The minimum atomic E-state index is -2.67. The van der Waals surface area contributed by atoms with E-state index in [4.69, 9.17) is 14.2 Å². The van der Waals surface area contributed by atoms with Gasteiger partial charge in [0.25, 0.3) is 12.0 Å². The molecule has 2 bridgehead atoms. The summed E-state index contributed by atoms with van der Waals surface area (Å²) in [5.41, 5.74) is 0.0416. The van der Waals surface area contributed by atoms with Gasteiger partial charge in [-0.25, -0.2) is 13.6 Å². The normalized spacial score (nSPS) is 20.7. The molecule has 0 N–H and O–H groups in total. The van der Waals surface area contributed by atoms with Crippen molar-refractivity contribution in [2.45, 2.75) is 56.8 Å². The summed E-state index contributed by atoms with van der Waals surface area (Å²) in [4.78, 5) is 41.0. The smallest absolute Gasteiger partial charge is 0.332 e. The third-order valence-electron chi connectivity index (χ3n) is 7.56. The highest BCUT2D eigenvalue weighted by atomic mass is 19.3. The number of benzene rings is 2. The van der Waals surface area contributed by atoms with Crippen LogP contribution in [0.15, 0.2) is 46.0 Å². The quantitative estimate of drug-likeness (QED) is 0.396. The van der Waals surface area contributed by atoms with E-state index in [0.717, 1.165) is 23.8 Å². The Morgan fingerprint density at radius 1 is 0.974 bits per heavy atom. The number of piperidine rings is 1. The Bertz CT molecular complexity index is 1460. The van der Waals surface area contributed by atoms with E-state index in [-0.39, 0.29) is 35.8 Å². The molecule has 202 valence electrons. The molecule has 0 radical (unpaired) electrons. The number of carbonyl (C=O) groups is 1. The van der Waals surface area contributed by atoms with E-state index >= 15 is 0 Å². The molecule has 2 aliphatic heterocycles. The van der Waals surface area contributed by atoms with Crippen LogP contribution in [0.2, 0.25) is 0 Å². The minimum Gasteiger partial charge on any atom is -0.493 e. The number of rotatable bonds is 9. The van der Waals surface area contributed by atoms with Crippen molar-refractivity contribution < 1.29 is 27.8 Å². The number of nitrogens with zero attached hydrogens (tertiary/aromatic N) is 3. The largest absolute Gasteiger partial charge is 0.493 e. The van der Waals surface area contributed by atoms with E-state index in [0.29, 0.717) is 35.4 Å². The Balaban J connectivity index is 1.64. The molecule has 1 amide bonds. The first-order chi connectivity index (χ1) is 18.3. The van der Waals surface area contributed by atoms with Crippen LogP contribution in [0, 0.1) is 0 Å². The van der Waals surface area contributed by atoms with Crippen molar-refractivity contribution >= 4 is 17.3 Å². The van der Waals surface area contributed by atoms with Gasteiger partial charge in [-0.15, -0.1) is 0 Å². The fourth-order valence-corrected chi connectivity index (χ4v) is 5.83. The molecule has 0 aliphatic carbocycles.